The highest BCUT2D eigenvalue weighted by Crippen LogP contribution is 2.23. The van der Waals surface area contributed by atoms with Crippen LogP contribution in [0.5, 0.6) is 0 Å². The van der Waals surface area contributed by atoms with Gasteiger partial charge in [-0.3, -0.25) is 9.69 Å². The second kappa shape index (κ2) is 6.03. The number of amides is 1. The first-order valence-electron chi connectivity index (χ1n) is 7.01. The third kappa shape index (κ3) is 3.16. The zero-order valence-corrected chi connectivity index (χ0v) is 11.9. The zero-order chi connectivity index (χ0) is 13.1. The van der Waals surface area contributed by atoms with Gasteiger partial charge in [-0.05, 0) is 36.8 Å². The predicted molar refractivity (Wildman–Crippen MR) is 76.7 cm³/mol. The van der Waals surface area contributed by atoms with Crippen molar-refractivity contribution < 1.29 is 9.53 Å². The van der Waals surface area contributed by atoms with E-state index in [4.69, 9.17) is 4.74 Å². The van der Waals surface area contributed by atoms with E-state index >= 15 is 0 Å². The van der Waals surface area contributed by atoms with Crippen molar-refractivity contribution in [3.63, 3.8) is 0 Å². The Balaban J connectivity index is 1.48. The smallest absolute Gasteiger partial charge is 0.241 e. The number of rotatable bonds is 4. The molecule has 0 bridgehead atoms. The Morgan fingerprint density at radius 1 is 1.42 bits per heavy atom. The summed E-state index contributed by atoms with van der Waals surface area (Å²) in [5, 5.41) is 3.09. The van der Waals surface area contributed by atoms with Gasteiger partial charge in [-0.2, -0.15) is 0 Å². The van der Waals surface area contributed by atoms with Gasteiger partial charge >= 0.3 is 0 Å². The van der Waals surface area contributed by atoms with Gasteiger partial charge in [-0.15, -0.1) is 11.3 Å². The molecule has 1 atom stereocenters. The van der Waals surface area contributed by atoms with Gasteiger partial charge in [0.05, 0.1) is 17.6 Å². The Hall–Kier alpha value is -0.910. The summed E-state index contributed by atoms with van der Waals surface area (Å²) in [6.07, 6.45) is 3.86. The molecule has 3 heterocycles. The summed E-state index contributed by atoms with van der Waals surface area (Å²) in [5.41, 5.74) is 0. The molecule has 0 N–H and O–H groups in total. The molecule has 3 rings (SSSR count). The maximum atomic E-state index is 12.2. The summed E-state index contributed by atoms with van der Waals surface area (Å²) in [5.74, 6) is 0.223. The SMILES string of the molecule is O=C1CN(CCC2CCCO2)CCN1c1cccs1. The Kier molecular flexibility index (Phi) is 4.15. The van der Waals surface area contributed by atoms with Crippen LogP contribution in [0.4, 0.5) is 5.00 Å². The summed E-state index contributed by atoms with van der Waals surface area (Å²) in [7, 11) is 0. The van der Waals surface area contributed by atoms with Gasteiger partial charge in [0.1, 0.15) is 0 Å². The molecule has 2 saturated heterocycles. The first-order valence-corrected chi connectivity index (χ1v) is 7.89. The van der Waals surface area contributed by atoms with E-state index in [0.29, 0.717) is 12.6 Å². The molecule has 1 unspecified atom stereocenters. The van der Waals surface area contributed by atoms with Gasteiger partial charge in [0.15, 0.2) is 0 Å². The second-order valence-electron chi connectivity index (χ2n) is 5.20. The molecule has 0 saturated carbocycles. The van der Waals surface area contributed by atoms with E-state index in [0.717, 1.165) is 37.7 Å². The molecule has 4 nitrogen and oxygen atoms in total. The van der Waals surface area contributed by atoms with Gasteiger partial charge < -0.3 is 9.64 Å². The highest BCUT2D eigenvalue weighted by Gasteiger charge is 2.26. The molecule has 1 aromatic rings. The average molecular weight is 280 g/mol. The quantitative estimate of drug-likeness (QED) is 0.845. The fourth-order valence-corrected chi connectivity index (χ4v) is 3.54. The average Bonchev–Trinajstić information content (AvgIpc) is 3.10. The summed E-state index contributed by atoms with van der Waals surface area (Å²) in [4.78, 5) is 16.3. The molecule has 19 heavy (non-hydrogen) atoms. The Bertz CT molecular complexity index is 415. The topological polar surface area (TPSA) is 32.8 Å². The molecule has 2 fully saturated rings. The Morgan fingerprint density at radius 2 is 2.37 bits per heavy atom. The van der Waals surface area contributed by atoms with E-state index in [9.17, 15) is 4.79 Å². The molecule has 0 aliphatic carbocycles. The van der Waals surface area contributed by atoms with Crippen LogP contribution in [0.15, 0.2) is 17.5 Å². The zero-order valence-electron chi connectivity index (χ0n) is 11.1. The standard InChI is InChI=1S/C14H20N2O2S/c17-13-11-15(6-5-12-3-1-9-18-12)7-8-16(13)14-4-2-10-19-14/h2,4,10,12H,1,3,5-9,11H2. The number of carbonyl (C=O) groups excluding carboxylic acids is 1. The molecule has 104 valence electrons. The number of anilines is 1. The molecular weight excluding hydrogens is 260 g/mol. The van der Waals surface area contributed by atoms with Gasteiger partial charge in [0.25, 0.3) is 0 Å². The van der Waals surface area contributed by atoms with Crippen molar-refractivity contribution in [1.29, 1.82) is 0 Å². The van der Waals surface area contributed by atoms with Crippen molar-refractivity contribution in [3.8, 4) is 0 Å². The molecular formula is C14H20N2O2S. The highest BCUT2D eigenvalue weighted by molar-refractivity contribution is 7.14. The minimum absolute atomic E-state index is 0.223. The van der Waals surface area contributed by atoms with Crippen molar-refractivity contribution in [2.45, 2.75) is 25.4 Å². The van der Waals surface area contributed by atoms with Crippen molar-refractivity contribution >= 4 is 22.2 Å². The van der Waals surface area contributed by atoms with E-state index in [2.05, 4.69) is 4.90 Å². The van der Waals surface area contributed by atoms with Crippen LogP contribution in [-0.4, -0.2) is 49.7 Å². The molecule has 2 aliphatic rings. The molecule has 1 amide bonds. The van der Waals surface area contributed by atoms with Crippen LogP contribution in [0.25, 0.3) is 0 Å². The summed E-state index contributed by atoms with van der Waals surface area (Å²) < 4.78 is 5.63. The molecule has 0 spiro atoms. The minimum atomic E-state index is 0.223. The van der Waals surface area contributed by atoms with E-state index in [1.807, 2.05) is 22.4 Å². The molecule has 0 aromatic carbocycles. The highest BCUT2D eigenvalue weighted by atomic mass is 32.1. The lowest BCUT2D eigenvalue weighted by Gasteiger charge is -2.33. The Morgan fingerprint density at radius 3 is 3.05 bits per heavy atom. The number of carbonyl (C=O) groups is 1. The molecule has 2 aliphatic heterocycles. The van der Waals surface area contributed by atoms with E-state index in [1.54, 1.807) is 11.3 Å². The minimum Gasteiger partial charge on any atom is -0.378 e. The first kappa shape index (κ1) is 13.1. The van der Waals surface area contributed by atoms with E-state index in [-0.39, 0.29) is 5.91 Å². The van der Waals surface area contributed by atoms with Crippen LogP contribution in [0, 0.1) is 0 Å². The van der Waals surface area contributed by atoms with E-state index in [1.165, 1.54) is 12.8 Å². The Labute approximate surface area is 118 Å². The van der Waals surface area contributed by atoms with Crippen LogP contribution >= 0.6 is 11.3 Å². The number of hydrogen-bond acceptors (Lipinski definition) is 4. The third-order valence-electron chi connectivity index (χ3n) is 3.86. The van der Waals surface area contributed by atoms with Crippen molar-refractivity contribution in [1.82, 2.24) is 4.90 Å². The summed E-state index contributed by atoms with van der Waals surface area (Å²) in [6.45, 7) is 4.22. The first-order chi connectivity index (χ1) is 9.33. The third-order valence-corrected chi connectivity index (χ3v) is 4.75. The normalized spacial score (nSPS) is 25.2. The lowest BCUT2D eigenvalue weighted by atomic mass is 10.1. The second-order valence-corrected chi connectivity index (χ2v) is 6.12. The lowest BCUT2D eigenvalue weighted by molar-refractivity contribution is -0.121. The van der Waals surface area contributed by atoms with Gasteiger partial charge in [0, 0.05) is 26.2 Å². The van der Waals surface area contributed by atoms with Crippen LogP contribution in [0.3, 0.4) is 0 Å². The molecule has 1 aromatic heterocycles. The number of thiophene rings is 1. The fraction of sp³-hybridized carbons (Fsp3) is 0.643. The number of ether oxygens (including phenoxy) is 1. The van der Waals surface area contributed by atoms with Gasteiger partial charge in [0.2, 0.25) is 5.91 Å². The van der Waals surface area contributed by atoms with Crippen molar-refractivity contribution in [3.05, 3.63) is 17.5 Å². The maximum absolute atomic E-state index is 12.2. The monoisotopic (exact) mass is 280 g/mol. The van der Waals surface area contributed by atoms with Crippen LogP contribution in [0.1, 0.15) is 19.3 Å². The van der Waals surface area contributed by atoms with Crippen molar-refractivity contribution in [2.24, 2.45) is 0 Å². The van der Waals surface area contributed by atoms with Crippen molar-refractivity contribution in [2.75, 3.05) is 37.7 Å². The largest absolute Gasteiger partial charge is 0.378 e. The summed E-state index contributed by atoms with van der Waals surface area (Å²) >= 11 is 1.63. The van der Waals surface area contributed by atoms with Crippen LogP contribution < -0.4 is 4.90 Å². The molecule has 0 radical (unpaired) electrons. The summed E-state index contributed by atoms with van der Waals surface area (Å²) in [6, 6.07) is 4.02. The van der Waals surface area contributed by atoms with Gasteiger partial charge in [-0.25, -0.2) is 0 Å². The number of nitrogens with zero attached hydrogens (tertiary/aromatic N) is 2. The van der Waals surface area contributed by atoms with E-state index < -0.39 is 0 Å². The van der Waals surface area contributed by atoms with Gasteiger partial charge in [-0.1, -0.05) is 0 Å². The number of piperazine rings is 1. The molecule has 5 heteroatoms. The fourth-order valence-electron chi connectivity index (χ4n) is 2.77. The van der Waals surface area contributed by atoms with Crippen LogP contribution in [-0.2, 0) is 9.53 Å². The van der Waals surface area contributed by atoms with Crippen LogP contribution in [0.2, 0.25) is 0 Å². The predicted octanol–water partition coefficient (Wildman–Crippen LogP) is 1.97. The lowest BCUT2D eigenvalue weighted by Crippen LogP contribution is -2.50. The number of hydrogen-bond donors (Lipinski definition) is 0. The maximum Gasteiger partial charge on any atom is 0.241 e.